The molecule has 154 valence electrons. The molecule has 4 aromatic rings. The first-order valence-electron chi connectivity index (χ1n) is 10.0. The summed E-state index contributed by atoms with van der Waals surface area (Å²) in [5.74, 6) is 2.04. The minimum absolute atomic E-state index is 0.0178. The molecule has 0 atom stereocenters. The number of aromatic amines is 1. The fourth-order valence-electron chi connectivity index (χ4n) is 3.90. The van der Waals surface area contributed by atoms with Gasteiger partial charge in [0.1, 0.15) is 10.7 Å². The molecule has 0 unspecified atom stereocenters. The van der Waals surface area contributed by atoms with Gasteiger partial charge in [0.05, 0.1) is 11.1 Å². The molecule has 3 heterocycles. The topological polar surface area (TPSA) is 74.8 Å². The van der Waals surface area contributed by atoms with Gasteiger partial charge in [-0.15, -0.1) is 22.7 Å². The Morgan fingerprint density at radius 3 is 3.10 bits per heavy atom. The number of carbonyl (C=O) groups is 1. The van der Waals surface area contributed by atoms with E-state index in [4.69, 9.17) is 0 Å². The maximum atomic E-state index is 12.5. The fourth-order valence-corrected chi connectivity index (χ4v) is 6.95. The van der Waals surface area contributed by atoms with Crippen molar-refractivity contribution in [3.63, 3.8) is 0 Å². The van der Waals surface area contributed by atoms with Gasteiger partial charge in [0.2, 0.25) is 5.91 Å². The van der Waals surface area contributed by atoms with Crippen molar-refractivity contribution in [1.82, 2.24) is 15.3 Å². The van der Waals surface area contributed by atoms with Crippen LogP contribution in [-0.4, -0.2) is 21.6 Å². The van der Waals surface area contributed by atoms with E-state index in [1.165, 1.54) is 20.5 Å². The number of thiophene rings is 2. The highest BCUT2D eigenvalue weighted by atomic mass is 32.2. The van der Waals surface area contributed by atoms with Crippen LogP contribution in [0.2, 0.25) is 0 Å². The quantitative estimate of drug-likeness (QED) is 0.399. The molecule has 0 fully saturated rings. The number of fused-ring (bicyclic) bond motifs is 4. The molecule has 0 radical (unpaired) electrons. The number of aromatic nitrogens is 2. The number of rotatable bonds is 7. The van der Waals surface area contributed by atoms with Crippen LogP contribution in [-0.2, 0) is 29.9 Å². The van der Waals surface area contributed by atoms with Crippen LogP contribution < -0.4 is 10.9 Å². The number of carbonyl (C=O) groups excluding carboxylic acids is 1. The Bertz CT molecular complexity index is 1290. The van der Waals surface area contributed by atoms with Gasteiger partial charge >= 0.3 is 0 Å². The van der Waals surface area contributed by atoms with Gasteiger partial charge in [-0.1, -0.05) is 18.2 Å². The van der Waals surface area contributed by atoms with Gasteiger partial charge in [0, 0.05) is 28.3 Å². The largest absolute Gasteiger partial charge is 0.352 e. The highest BCUT2D eigenvalue weighted by molar-refractivity contribution is 7.98. The van der Waals surface area contributed by atoms with Gasteiger partial charge < -0.3 is 10.3 Å². The van der Waals surface area contributed by atoms with E-state index in [0.29, 0.717) is 30.3 Å². The molecular formula is C22H21N3O2S3. The van der Waals surface area contributed by atoms with Gasteiger partial charge in [0.15, 0.2) is 0 Å². The molecule has 0 saturated carbocycles. The Morgan fingerprint density at radius 1 is 1.27 bits per heavy atom. The molecule has 2 N–H and O–H groups in total. The number of hydrogen-bond donors (Lipinski definition) is 2. The van der Waals surface area contributed by atoms with E-state index in [9.17, 15) is 9.59 Å². The molecular weight excluding hydrogens is 434 g/mol. The fraction of sp³-hybridized carbons (Fsp3) is 0.318. The third kappa shape index (κ3) is 3.91. The van der Waals surface area contributed by atoms with Crippen molar-refractivity contribution in [3.05, 3.63) is 61.8 Å². The first-order valence-corrected chi connectivity index (χ1v) is 12.9. The summed E-state index contributed by atoms with van der Waals surface area (Å²) in [5.41, 5.74) is 2.35. The van der Waals surface area contributed by atoms with E-state index < -0.39 is 0 Å². The van der Waals surface area contributed by atoms with Gasteiger partial charge in [-0.3, -0.25) is 9.59 Å². The van der Waals surface area contributed by atoms with Crippen molar-refractivity contribution in [3.8, 4) is 0 Å². The second-order valence-corrected chi connectivity index (χ2v) is 10.5. The molecule has 1 aliphatic rings. The number of hydrogen-bond acceptors (Lipinski definition) is 6. The summed E-state index contributed by atoms with van der Waals surface area (Å²) in [6, 6.07) is 8.25. The second kappa shape index (κ2) is 8.53. The van der Waals surface area contributed by atoms with Gasteiger partial charge in [-0.25, -0.2) is 4.98 Å². The van der Waals surface area contributed by atoms with Crippen molar-refractivity contribution in [2.75, 3.05) is 5.75 Å². The molecule has 0 spiro atoms. The summed E-state index contributed by atoms with van der Waals surface area (Å²) in [5, 5.41) is 7.13. The lowest BCUT2D eigenvalue weighted by Gasteiger charge is -2.05. The summed E-state index contributed by atoms with van der Waals surface area (Å²) in [6.45, 7) is 0.558. The van der Waals surface area contributed by atoms with Gasteiger partial charge in [-0.2, -0.15) is 11.8 Å². The van der Waals surface area contributed by atoms with Crippen LogP contribution in [0.1, 0.15) is 34.7 Å². The van der Waals surface area contributed by atoms with E-state index in [0.717, 1.165) is 35.0 Å². The van der Waals surface area contributed by atoms with Crippen molar-refractivity contribution in [2.24, 2.45) is 0 Å². The smallest absolute Gasteiger partial charge is 0.259 e. The lowest BCUT2D eigenvalue weighted by molar-refractivity contribution is -0.120. The normalized spacial score (nSPS) is 13.2. The van der Waals surface area contributed by atoms with Gasteiger partial charge in [-0.05, 0) is 47.2 Å². The summed E-state index contributed by atoms with van der Waals surface area (Å²) in [6.07, 6.45) is 3.64. The number of thioether (sulfide) groups is 1. The molecule has 1 amide bonds. The summed E-state index contributed by atoms with van der Waals surface area (Å²) >= 11 is 4.99. The number of benzene rings is 1. The summed E-state index contributed by atoms with van der Waals surface area (Å²) in [4.78, 5) is 34.5. The molecule has 5 nitrogen and oxygen atoms in total. The molecule has 1 aromatic carbocycles. The van der Waals surface area contributed by atoms with Crippen LogP contribution in [0.5, 0.6) is 0 Å². The van der Waals surface area contributed by atoms with Crippen LogP contribution in [0.3, 0.4) is 0 Å². The Balaban J connectivity index is 1.12. The maximum Gasteiger partial charge on any atom is 0.259 e. The number of aryl methyl sites for hydroxylation is 2. The van der Waals surface area contributed by atoms with E-state index in [1.807, 2.05) is 12.1 Å². The zero-order chi connectivity index (χ0) is 20.5. The maximum absolute atomic E-state index is 12.5. The van der Waals surface area contributed by atoms with Crippen molar-refractivity contribution >= 4 is 60.6 Å². The van der Waals surface area contributed by atoms with E-state index in [-0.39, 0.29) is 11.5 Å². The number of nitrogens with zero attached hydrogens (tertiary/aromatic N) is 1. The molecule has 3 aromatic heterocycles. The van der Waals surface area contributed by atoms with Crippen LogP contribution in [0.4, 0.5) is 0 Å². The Hall–Kier alpha value is -2.16. The molecule has 0 aliphatic heterocycles. The molecule has 8 heteroatoms. The van der Waals surface area contributed by atoms with Crippen LogP contribution in [0.25, 0.3) is 20.3 Å². The summed E-state index contributed by atoms with van der Waals surface area (Å²) in [7, 11) is 0. The molecule has 0 saturated heterocycles. The number of nitrogens with one attached hydrogen (secondary N) is 2. The Kier molecular flexibility index (Phi) is 5.62. The average molecular weight is 456 g/mol. The Labute approximate surface area is 185 Å². The standard InChI is InChI=1S/C22H21N3O2S3/c26-19(23-10-13-11-29-16-6-2-1-4-14(13)16)8-9-28-12-18-24-21(27)20-15-5-3-7-17(15)30-22(20)25-18/h1-2,4,6,11H,3,5,7-10,12H2,(H,23,26)(H,24,25,27). The van der Waals surface area contributed by atoms with Crippen molar-refractivity contribution < 1.29 is 4.79 Å². The van der Waals surface area contributed by atoms with E-state index >= 15 is 0 Å². The lowest BCUT2D eigenvalue weighted by Crippen LogP contribution is -2.22. The predicted molar refractivity (Wildman–Crippen MR) is 127 cm³/mol. The third-order valence-corrected chi connectivity index (χ3v) is 8.54. The lowest BCUT2D eigenvalue weighted by atomic mass is 10.2. The SMILES string of the molecule is O=C(CCSCc1nc2sc3c(c2c(=O)[nH]1)CCC3)NCc1csc2ccccc12. The average Bonchev–Trinajstić information content (AvgIpc) is 3.43. The molecule has 5 rings (SSSR count). The van der Waals surface area contributed by atoms with Crippen molar-refractivity contribution in [2.45, 2.75) is 38.0 Å². The van der Waals surface area contributed by atoms with Crippen molar-refractivity contribution in [1.29, 1.82) is 0 Å². The second-order valence-electron chi connectivity index (χ2n) is 7.39. The van der Waals surface area contributed by atoms with E-state index in [2.05, 4.69) is 32.8 Å². The van der Waals surface area contributed by atoms with Crippen LogP contribution >= 0.6 is 34.4 Å². The first-order chi connectivity index (χ1) is 14.7. The highest BCUT2D eigenvalue weighted by Gasteiger charge is 2.21. The van der Waals surface area contributed by atoms with Gasteiger partial charge in [0.25, 0.3) is 5.56 Å². The molecule has 30 heavy (non-hydrogen) atoms. The predicted octanol–water partition coefficient (Wildman–Crippen LogP) is 4.63. The zero-order valence-corrected chi connectivity index (χ0v) is 18.8. The number of amides is 1. The molecule has 0 bridgehead atoms. The first kappa shape index (κ1) is 19.8. The van der Waals surface area contributed by atoms with E-state index in [1.54, 1.807) is 34.4 Å². The number of H-pyrrole nitrogens is 1. The van der Waals surface area contributed by atoms with Crippen LogP contribution in [0.15, 0.2) is 34.4 Å². The minimum atomic E-state index is -0.0178. The highest BCUT2D eigenvalue weighted by Crippen LogP contribution is 2.34. The molecule has 1 aliphatic carbocycles. The monoisotopic (exact) mass is 455 g/mol. The summed E-state index contributed by atoms with van der Waals surface area (Å²) < 4.78 is 1.24. The van der Waals surface area contributed by atoms with Crippen LogP contribution in [0, 0.1) is 0 Å². The minimum Gasteiger partial charge on any atom is -0.352 e. The third-order valence-electron chi connectivity index (χ3n) is 5.37. The zero-order valence-electron chi connectivity index (χ0n) is 16.3. The Morgan fingerprint density at radius 2 is 2.17 bits per heavy atom.